The van der Waals surface area contributed by atoms with Gasteiger partial charge in [-0.2, -0.15) is 4.52 Å². The van der Waals surface area contributed by atoms with Gasteiger partial charge in [-0.3, -0.25) is 14.9 Å². The van der Waals surface area contributed by atoms with Crippen molar-refractivity contribution in [3.63, 3.8) is 0 Å². The van der Waals surface area contributed by atoms with E-state index in [1.54, 1.807) is 6.20 Å². The number of nitrogens with one attached hydrogen (secondary N) is 1. The van der Waals surface area contributed by atoms with Gasteiger partial charge in [0, 0.05) is 17.1 Å². The third-order valence-electron chi connectivity index (χ3n) is 6.00. The molecule has 0 aliphatic heterocycles. The molecule has 164 valence electrons. The van der Waals surface area contributed by atoms with E-state index in [1.165, 1.54) is 4.52 Å². The number of benzene rings is 3. The summed E-state index contributed by atoms with van der Waals surface area (Å²) >= 11 is 6.36. The summed E-state index contributed by atoms with van der Waals surface area (Å²) in [4.78, 5) is 23.2. The SMILES string of the molecule is O=c1c(-c2ccc3ncccc3c2)c(CCl)nc2c(-c3ccccc3)c(-c3ccccc3)[nH]n12. The Balaban J connectivity index is 1.68. The molecule has 0 saturated heterocycles. The summed E-state index contributed by atoms with van der Waals surface area (Å²) in [7, 11) is 0. The molecule has 0 bridgehead atoms. The number of aromatic nitrogens is 4. The van der Waals surface area contributed by atoms with Crippen LogP contribution >= 0.6 is 11.6 Å². The van der Waals surface area contributed by atoms with E-state index in [9.17, 15) is 4.79 Å². The van der Waals surface area contributed by atoms with Gasteiger partial charge in [-0.05, 0) is 29.3 Å². The van der Waals surface area contributed by atoms with Gasteiger partial charge in [0.2, 0.25) is 0 Å². The highest BCUT2D eigenvalue weighted by Gasteiger charge is 2.22. The predicted molar refractivity (Wildman–Crippen MR) is 137 cm³/mol. The van der Waals surface area contributed by atoms with Gasteiger partial charge in [0.15, 0.2) is 5.65 Å². The third kappa shape index (κ3) is 3.29. The quantitative estimate of drug-likeness (QED) is 0.312. The average Bonchev–Trinajstić information content (AvgIpc) is 3.29. The molecule has 5 nitrogen and oxygen atoms in total. The lowest BCUT2D eigenvalue weighted by atomic mass is 10.0. The van der Waals surface area contributed by atoms with Crippen LogP contribution < -0.4 is 5.56 Å². The Morgan fingerprint density at radius 1 is 0.794 bits per heavy atom. The van der Waals surface area contributed by atoms with E-state index in [-0.39, 0.29) is 11.4 Å². The topological polar surface area (TPSA) is 63.0 Å². The van der Waals surface area contributed by atoms with Crippen molar-refractivity contribution in [1.82, 2.24) is 19.6 Å². The minimum atomic E-state index is -0.191. The monoisotopic (exact) mass is 462 g/mol. The second kappa shape index (κ2) is 8.28. The van der Waals surface area contributed by atoms with Crippen molar-refractivity contribution in [3.05, 3.63) is 113 Å². The van der Waals surface area contributed by atoms with Gasteiger partial charge in [0.1, 0.15) is 0 Å². The van der Waals surface area contributed by atoms with E-state index in [4.69, 9.17) is 16.6 Å². The highest BCUT2D eigenvalue weighted by atomic mass is 35.5. The van der Waals surface area contributed by atoms with Crippen molar-refractivity contribution in [1.29, 1.82) is 0 Å². The minimum Gasteiger partial charge on any atom is -0.288 e. The fraction of sp³-hybridized carbons (Fsp3) is 0.0357. The van der Waals surface area contributed by atoms with Gasteiger partial charge in [-0.1, -0.05) is 72.8 Å². The smallest absolute Gasteiger partial charge is 0.280 e. The van der Waals surface area contributed by atoms with E-state index in [1.807, 2.05) is 91.0 Å². The third-order valence-corrected chi connectivity index (χ3v) is 6.25. The first-order valence-electron chi connectivity index (χ1n) is 10.9. The molecule has 0 amide bonds. The maximum Gasteiger partial charge on any atom is 0.280 e. The first-order valence-corrected chi connectivity index (χ1v) is 11.5. The Bertz CT molecular complexity index is 1710. The number of H-pyrrole nitrogens is 1. The largest absolute Gasteiger partial charge is 0.288 e. The van der Waals surface area contributed by atoms with Crippen molar-refractivity contribution < 1.29 is 0 Å². The minimum absolute atomic E-state index is 0.117. The normalized spacial score (nSPS) is 11.3. The van der Waals surface area contributed by atoms with E-state index < -0.39 is 0 Å². The zero-order chi connectivity index (χ0) is 23.1. The number of aromatic amines is 1. The Kier molecular flexibility index (Phi) is 4.97. The maximum atomic E-state index is 13.9. The standard InChI is InChI=1S/C28H19ClN4O/c29-17-23-24(21-13-14-22-20(16-21)12-7-15-30-22)28(34)33-27(31-23)25(18-8-3-1-4-9-18)26(32-33)19-10-5-2-6-11-19/h1-16,32H,17H2. The number of hydrogen-bond donors (Lipinski definition) is 1. The number of nitrogens with zero attached hydrogens (tertiary/aromatic N) is 3. The molecule has 34 heavy (non-hydrogen) atoms. The second-order valence-electron chi connectivity index (χ2n) is 8.04. The van der Waals surface area contributed by atoms with Gasteiger partial charge >= 0.3 is 0 Å². The molecular formula is C28H19ClN4O. The van der Waals surface area contributed by atoms with Crippen LogP contribution in [0.4, 0.5) is 0 Å². The van der Waals surface area contributed by atoms with Crippen molar-refractivity contribution in [3.8, 4) is 33.5 Å². The number of pyridine rings is 1. The molecule has 0 aliphatic rings. The Morgan fingerprint density at radius 3 is 2.26 bits per heavy atom. The van der Waals surface area contributed by atoms with E-state index in [0.717, 1.165) is 38.9 Å². The summed E-state index contributed by atoms with van der Waals surface area (Å²) in [6.07, 6.45) is 1.75. The van der Waals surface area contributed by atoms with Crippen LogP contribution in [-0.4, -0.2) is 19.6 Å². The van der Waals surface area contributed by atoms with Crippen LogP contribution in [0.15, 0.2) is 102 Å². The molecule has 3 heterocycles. The number of rotatable bonds is 4. The molecule has 0 radical (unpaired) electrons. The first kappa shape index (κ1) is 20.4. The van der Waals surface area contributed by atoms with Gasteiger partial charge in [0.05, 0.1) is 33.9 Å². The zero-order valence-corrected chi connectivity index (χ0v) is 18.8. The molecule has 0 fully saturated rings. The average molecular weight is 463 g/mol. The van der Waals surface area contributed by atoms with Crippen molar-refractivity contribution in [2.24, 2.45) is 0 Å². The molecule has 0 aliphatic carbocycles. The van der Waals surface area contributed by atoms with Crippen molar-refractivity contribution >= 4 is 28.2 Å². The maximum absolute atomic E-state index is 13.9. The summed E-state index contributed by atoms with van der Waals surface area (Å²) in [6, 6.07) is 29.6. The molecule has 3 aromatic heterocycles. The van der Waals surface area contributed by atoms with Crippen LogP contribution in [0.3, 0.4) is 0 Å². The van der Waals surface area contributed by atoms with Crippen molar-refractivity contribution in [2.75, 3.05) is 0 Å². The molecule has 1 N–H and O–H groups in total. The fourth-order valence-electron chi connectivity index (χ4n) is 4.43. The lowest BCUT2D eigenvalue weighted by molar-refractivity contribution is 0.894. The van der Waals surface area contributed by atoms with Crippen molar-refractivity contribution in [2.45, 2.75) is 5.88 Å². The Labute approximate surface area is 200 Å². The summed E-state index contributed by atoms with van der Waals surface area (Å²) in [6.45, 7) is 0. The lowest BCUT2D eigenvalue weighted by Gasteiger charge is -2.09. The molecule has 3 aromatic carbocycles. The highest BCUT2D eigenvalue weighted by Crippen LogP contribution is 2.35. The molecular weight excluding hydrogens is 444 g/mol. The van der Waals surface area contributed by atoms with Crippen LogP contribution in [0, 0.1) is 0 Å². The Hall–Kier alpha value is -4.22. The number of halogens is 1. The summed E-state index contributed by atoms with van der Waals surface area (Å²) in [5.74, 6) is 0.117. The summed E-state index contributed by atoms with van der Waals surface area (Å²) in [5.41, 5.74) is 6.66. The molecule has 6 heteroatoms. The van der Waals surface area contributed by atoms with E-state index >= 15 is 0 Å². The van der Waals surface area contributed by atoms with Crippen LogP contribution in [0.5, 0.6) is 0 Å². The van der Waals surface area contributed by atoms with Gasteiger partial charge in [0.25, 0.3) is 5.56 Å². The molecule has 0 atom stereocenters. The van der Waals surface area contributed by atoms with Gasteiger partial charge in [-0.25, -0.2) is 4.98 Å². The predicted octanol–water partition coefficient (Wildman–Crippen LogP) is 6.31. The Morgan fingerprint density at radius 2 is 1.53 bits per heavy atom. The number of alkyl halides is 1. The zero-order valence-electron chi connectivity index (χ0n) is 18.1. The molecule has 0 spiro atoms. The van der Waals surface area contributed by atoms with Crippen LogP contribution in [0.25, 0.3) is 50.1 Å². The number of hydrogen-bond acceptors (Lipinski definition) is 3. The molecule has 6 aromatic rings. The van der Waals surface area contributed by atoms with Gasteiger partial charge in [-0.15, -0.1) is 11.6 Å². The molecule has 6 rings (SSSR count). The van der Waals surface area contributed by atoms with Crippen LogP contribution in [-0.2, 0) is 5.88 Å². The summed E-state index contributed by atoms with van der Waals surface area (Å²) in [5, 5.41) is 4.28. The fourth-order valence-corrected chi connectivity index (χ4v) is 4.62. The van der Waals surface area contributed by atoms with E-state index in [0.29, 0.717) is 16.9 Å². The molecule has 0 unspecified atom stereocenters. The van der Waals surface area contributed by atoms with Crippen LogP contribution in [0.2, 0.25) is 0 Å². The lowest BCUT2D eigenvalue weighted by Crippen LogP contribution is -2.20. The second-order valence-corrected chi connectivity index (χ2v) is 8.30. The first-order chi connectivity index (χ1) is 16.7. The van der Waals surface area contributed by atoms with Gasteiger partial charge < -0.3 is 0 Å². The highest BCUT2D eigenvalue weighted by molar-refractivity contribution is 6.17. The number of fused-ring (bicyclic) bond motifs is 2. The van der Waals surface area contributed by atoms with Crippen LogP contribution in [0.1, 0.15) is 5.69 Å². The summed E-state index contributed by atoms with van der Waals surface area (Å²) < 4.78 is 1.53. The molecule has 0 saturated carbocycles. The van der Waals surface area contributed by atoms with E-state index in [2.05, 4.69) is 10.1 Å².